The molecule has 2 aliphatic carbocycles. The van der Waals surface area contributed by atoms with Crippen molar-refractivity contribution in [3.8, 4) is 0 Å². The van der Waals surface area contributed by atoms with Crippen LogP contribution in [0, 0.1) is 19.8 Å². The number of carbonyl (C=O) groups excluding carboxylic acids is 1. The summed E-state index contributed by atoms with van der Waals surface area (Å²) in [6.07, 6.45) is 11.6. The highest BCUT2D eigenvalue weighted by molar-refractivity contribution is 5.88. The van der Waals surface area contributed by atoms with Crippen LogP contribution >= 0.6 is 0 Å². The third kappa shape index (κ3) is 6.24. The maximum Gasteiger partial charge on any atom is 0.335 e. The fourth-order valence-electron chi connectivity index (χ4n) is 7.50. The summed E-state index contributed by atoms with van der Waals surface area (Å²) in [7, 11) is 0. The lowest BCUT2D eigenvalue weighted by Crippen LogP contribution is -2.33. The van der Waals surface area contributed by atoms with E-state index in [1.165, 1.54) is 66.3 Å². The Morgan fingerprint density at radius 1 is 0.907 bits per heavy atom. The largest absolute Gasteiger partial charge is 0.478 e. The van der Waals surface area contributed by atoms with E-state index in [1.54, 1.807) is 24.3 Å². The summed E-state index contributed by atoms with van der Waals surface area (Å²) in [5.41, 5.74) is 9.89. The number of fused-ring (bicyclic) bond motifs is 3. The van der Waals surface area contributed by atoms with Crippen molar-refractivity contribution in [3.05, 3.63) is 99.4 Å². The lowest BCUT2D eigenvalue weighted by atomic mass is 9.80. The number of aromatic nitrogens is 2. The van der Waals surface area contributed by atoms with Crippen molar-refractivity contribution in [1.82, 2.24) is 14.9 Å². The first-order valence-corrected chi connectivity index (χ1v) is 16.1. The van der Waals surface area contributed by atoms with Crippen molar-refractivity contribution >= 4 is 22.9 Å². The topological polar surface area (TPSA) is 84.2 Å². The minimum Gasteiger partial charge on any atom is -0.478 e. The standard InChI is InChI=1S/C37H43N3O3/c1-24-21-25(2)39-35-33(24)31-11-7-8-12-32(31)40(35)23-27-15-17-29(18-16-27)34(28-9-5-3-4-6-10-28)36(41)38-22-26-13-19-30(20-14-26)37(42)43/h13-21,28,34H,3-12,22-23H2,1-2H3,(H,38,41)(H,42,43). The lowest BCUT2D eigenvalue weighted by molar-refractivity contribution is -0.124. The Kier molecular flexibility index (Phi) is 8.64. The molecule has 0 bridgehead atoms. The van der Waals surface area contributed by atoms with Crippen molar-refractivity contribution in [1.29, 1.82) is 0 Å². The number of carbonyl (C=O) groups is 2. The van der Waals surface area contributed by atoms with Gasteiger partial charge in [0.1, 0.15) is 5.65 Å². The number of amides is 1. The van der Waals surface area contributed by atoms with Crippen LogP contribution in [-0.2, 0) is 30.7 Å². The second-order valence-electron chi connectivity index (χ2n) is 12.7. The van der Waals surface area contributed by atoms with E-state index in [0.29, 0.717) is 12.5 Å². The average Bonchev–Trinajstić information content (AvgIpc) is 3.13. The molecule has 0 saturated heterocycles. The van der Waals surface area contributed by atoms with Gasteiger partial charge in [0.25, 0.3) is 0 Å². The van der Waals surface area contributed by atoms with Crippen LogP contribution in [0.3, 0.4) is 0 Å². The summed E-state index contributed by atoms with van der Waals surface area (Å²) in [6.45, 7) is 5.47. The second kappa shape index (κ2) is 12.7. The number of rotatable bonds is 8. The first kappa shape index (κ1) is 29.2. The van der Waals surface area contributed by atoms with Gasteiger partial charge in [-0.05, 0) is 104 Å². The molecule has 6 nitrogen and oxygen atoms in total. The third-order valence-corrected chi connectivity index (χ3v) is 9.65. The highest BCUT2D eigenvalue weighted by Gasteiger charge is 2.30. The van der Waals surface area contributed by atoms with Crippen LogP contribution in [-0.4, -0.2) is 26.5 Å². The zero-order chi connectivity index (χ0) is 29.9. The number of nitrogens with one attached hydrogen (secondary N) is 1. The Morgan fingerprint density at radius 3 is 2.28 bits per heavy atom. The molecule has 0 aliphatic heterocycles. The smallest absolute Gasteiger partial charge is 0.335 e. The van der Waals surface area contributed by atoms with Gasteiger partial charge < -0.3 is 15.0 Å². The zero-order valence-corrected chi connectivity index (χ0v) is 25.5. The van der Waals surface area contributed by atoms with Crippen LogP contribution in [0.1, 0.15) is 107 Å². The summed E-state index contributed by atoms with van der Waals surface area (Å²) in [4.78, 5) is 30.0. The maximum atomic E-state index is 13.8. The summed E-state index contributed by atoms with van der Waals surface area (Å²) < 4.78 is 2.45. The van der Waals surface area contributed by atoms with Gasteiger partial charge in [0.2, 0.25) is 5.91 Å². The summed E-state index contributed by atoms with van der Waals surface area (Å²) in [6, 6.07) is 17.7. The maximum absolute atomic E-state index is 13.8. The van der Waals surface area contributed by atoms with Gasteiger partial charge in [0.05, 0.1) is 11.5 Å². The molecule has 6 heteroatoms. The van der Waals surface area contributed by atoms with Crippen molar-refractivity contribution < 1.29 is 14.7 Å². The minimum atomic E-state index is -0.946. The van der Waals surface area contributed by atoms with Gasteiger partial charge in [-0.15, -0.1) is 0 Å². The molecule has 0 radical (unpaired) electrons. The normalized spacial score (nSPS) is 16.4. The molecular weight excluding hydrogens is 534 g/mol. The van der Waals surface area contributed by atoms with Crippen LogP contribution in [0.15, 0.2) is 54.6 Å². The van der Waals surface area contributed by atoms with Crippen LogP contribution in [0.4, 0.5) is 0 Å². The Labute approximate surface area is 254 Å². The molecule has 1 saturated carbocycles. The molecule has 1 amide bonds. The first-order valence-electron chi connectivity index (χ1n) is 16.1. The van der Waals surface area contributed by atoms with Crippen LogP contribution in [0.25, 0.3) is 11.0 Å². The van der Waals surface area contributed by atoms with Gasteiger partial charge in [-0.2, -0.15) is 0 Å². The molecular formula is C37H43N3O3. The molecule has 2 aromatic carbocycles. The number of carboxylic acids is 1. The van der Waals surface area contributed by atoms with E-state index < -0.39 is 5.97 Å². The van der Waals surface area contributed by atoms with E-state index in [-0.39, 0.29) is 17.4 Å². The van der Waals surface area contributed by atoms with Crippen molar-refractivity contribution in [3.63, 3.8) is 0 Å². The van der Waals surface area contributed by atoms with Crippen LogP contribution < -0.4 is 5.32 Å². The highest BCUT2D eigenvalue weighted by atomic mass is 16.4. The van der Waals surface area contributed by atoms with E-state index in [1.807, 2.05) is 0 Å². The SMILES string of the molecule is Cc1cc(C)c2c3c(n(Cc4ccc(C(C(=O)NCc5ccc(C(=O)O)cc5)C5CCCCCC5)cc4)c2n1)CCCC3. The third-order valence-electron chi connectivity index (χ3n) is 9.65. The number of hydrogen-bond donors (Lipinski definition) is 2. The number of nitrogens with zero attached hydrogens (tertiary/aromatic N) is 2. The number of carboxylic acid groups (broad SMARTS) is 1. The molecule has 2 aromatic heterocycles. The van der Waals surface area contributed by atoms with E-state index in [2.05, 4.69) is 54.1 Å². The monoisotopic (exact) mass is 577 g/mol. The van der Waals surface area contributed by atoms with Crippen molar-refractivity contribution in [2.24, 2.45) is 5.92 Å². The van der Waals surface area contributed by atoms with Crippen LogP contribution in [0.2, 0.25) is 0 Å². The fourth-order valence-corrected chi connectivity index (χ4v) is 7.50. The molecule has 6 rings (SSSR count). The van der Waals surface area contributed by atoms with Gasteiger partial charge >= 0.3 is 5.97 Å². The Balaban J connectivity index is 1.25. The lowest BCUT2D eigenvalue weighted by Gasteiger charge is -2.26. The molecule has 2 N–H and O–H groups in total. The number of benzene rings is 2. The van der Waals surface area contributed by atoms with E-state index >= 15 is 0 Å². The molecule has 4 aromatic rings. The average molecular weight is 578 g/mol. The van der Waals surface area contributed by atoms with Gasteiger partial charge in [-0.3, -0.25) is 4.79 Å². The minimum absolute atomic E-state index is 0.0579. The molecule has 43 heavy (non-hydrogen) atoms. The van der Waals surface area contributed by atoms with Gasteiger partial charge in [0.15, 0.2) is 0 Å². The summed E-state index contributed by atoms with van der Waals surface area (Å²) in [5.74, 6) is -0.766. The number of hydrogen-bond acceptors (Lipinski definition) is 3. The number of aryl methyl sites for hydroxylation is 3. The predicted octanol–water partition coefficient (Wildman–Crippen LogP) is 7.65. The fraction of sp³-hybridized carbons (Fsp3) is 0.432. The summed E-state index contributed by atoms with van der Waals surface area (Å²) in [5, 5.41) is 13.7. The van der Waals surface area contributed by atoms with E-state index in [0.717, 1.165) is 54.7 Å². The van der Waals surface area contributed by atoms with Gasteiger partial charge in [-0.25, -0.2) is 9.78 Å². The number of aromatic carboxylic acids is 1. The Bertz CT molecular complexity index is 1610. The molecule has 1 atom stereocenters. The molecule has 1 unspecified atom stereocenters. The highest BCUT2D eigenvalue weighted by Crippen LogP contribution is 2.37. The molecule has 1 fully saturated rings. The summed E-state index contributed by atoms with van der Waals surface area (Å²) >= 11 is 0. The van der Waals surface area contributed by atoms with Crippen molar-refractivity contribution in [2.75, 3.05) is 0 Å². The predicted molar refractivity (Wildman–Crippen MR) is 171 cm³/mol. The van der Waals surface area contributed by atoms with E-state index in [9.17, 15) is 14.7 Å². The molecule has 0 spiro atoms. The number of pyridine rings is 1. The Morgan fingerprint density at radius 2 is 1.58 bits per heavy atom. The second-order valence-corrected chi connectivity index (χ2v) is 12.7. The van der Waals surface area contributed by atoms with Crippen molar-refractivity contribution in [2.45, 2.75) is 97.1 Å². The molecule has 2 aliphatic rings. The first-order chi connectivity index (χ1) is 20.9. The van der Waals surface area contributed by atoms with Gasteiger partial charge in [0, 0.05) is 29.9 Å². The Hall–Kier alpha value is -3.93. The van der Waals surface area contributed by atoms with E-state index in [4.69, 9.17) is 4.98 Å². The zero-order valence-electron chi connectivity index (χ0n) is 25.5. The quantitative estimate of drug-likeness (QED) is 0.211. The van der Waals surface area contributed by atoms with Crippen LogP contribution in [0.5, 0.6) is 0 Å². The molecule has 224 valence electrons. The van der Waals surface area contributed by atoms with Gasteiger partial charge in [-0.1, -0.05) is 62.1 Å². The molecule has 2 heterocycles.